The number of nitrogens with two attached hydrogens (primary N) is 1. The van der Waals surface area contributed by atoms with Crippen molar-refractivity contribution in [2.45, 2.75) is 25.9 Å². The van der Waals surface area contributed by atoms with Gasteiger partial charge < -0.3 is 10.6 Å². The summed E-state index contributed by atoms with van der Waals surface area (Å²) < 4.78 is 1.84. The van der Waals surface area contributed by atoms with E-state index in [4.69, 9.17) is 5.73 Å². The quantitative estimate of drug-likeness (QED) is 0.877. The van der Waals surface area contributed by atoms with E-state index >= 15 is 0 Å². The van der Waals surface area contributed by atoms with Crippen molar-refractivity contribution in [3.8, 4) is 0 Å². The molecule has 1 atom stereocenters. The summed E-state index contributed by atoms with van der Waals surface area (Å²) in [5, 5.41) is 4.19. The Kier molecular flexibility index (Phi) is 4.93. The summed E-state index contributed by atoms with van der Waals surface area (Å²) in [4.78, 5) is 2.29. The molecule has 0 bridgehead atoms. The third-order valence-corrected chi connectivity index (χ3v) is 3.62. The first-order valence-corrected chi connectivity index (χ1v) is 7.03. The lowest BCUT2D eigenvalue weighted by molar-refractivity contribution is 0.311. The summed E-state index contributed by atoms with van der Waals surface area (Å²) in [7, 11) is 4.06. The second-order valence-corrected chi connectivity index (χ2v) is 5.51. The predicted octanol–water partition coefficient (Wildman–Crippen LogP) is 2.25. The number of hydrogen-bond donors (Lipinski definition) is 1. The molecule has 1 aromatic heterocycles. The Morgan fingerprint density at radius 1 is 1.35 bits per heavy atom. The fraction of sp³-hybridized carbons (Fsp3) is 0.438. The largest absolute Gasteiger partial charge is 0.324 e. The highest BCUT2D eigenvalue weighted by Gasteiger charge is 2.10. The summed E-state index contributed by atoms with van der Waals surface area (Å²) in [6.07, 6.45) is 4.93. The van der Waals surface area contributed by atoms with Gasteiger partial charge >= 0.3 is 0 Å². The highest BCUT2D eigenvalue weighted by Crippen LogP contribution is 2.18. The first-order chi connectivity index (χ1) is 9.56. The standard InChI is InChI=1S/C16H24N4/c1-13-6-4-5-7-15(13)16(17)8-9-19(2)11-14-10-18-20(3)12-14/h4-7,10,12,16H,8-9,11,17H2,1-3H3. The van der Waals surface area contributed by atoms with Gasteiger partial charge in [-0.3, -0.25) is 4.68 Å². The Morgan fingerprint density at radius 2 is 2.10 bits per heavy atom. The Morgan fingerprint density at radius 3 is 2.75 bits per heavy atom. The maximum atomic E-state index is 6.30. The molecular formula is C16H24N4. The van der Waals surface area contributed by atoms with Crippen LogP contribution < -0.4 is 5.73 Å². The molecule has 2 N–H and O–H groups in total. The summed E-state index contributed by atoms with van der Waals surface area (Å²) in [6.45, 7) is 4.01. The molecule has 1 aromatic carbocycles. The number of aryl methyl sites for hydroxylation is 2. The molecule has 4 heteroatoms. The predicted molar refractivity (Wildman–Crippen MR) is 82.3 cm³/mol. The zero-order valence-electron chi connectivity index (χ0n) is 12.6. The van der Waals surface area contributed by atoms with Crippen molar-refractivity contribution in [3.05, 3.63) is 53.3 Å². The van der Waals surface area contributed by atoms with Gasteiger partial charge in [0.25, 0.3) is 0 Å². The van der Waals surface area contributed by atoms with Crippen LogP contribution in [0, 0.1) is 6.92 Å². The van der Waals surface area contributed by atoms with Crippen molar-refractivity contribution >= 4 is 0 Å². The van der Waals surface area contributed by atoms with Gasteiger partial charge in [0.05, 0.1) is 6.20 Å². The van der Waals surface area contributed by atoms with Crippen molar-refractivity contribution < 1.29 is 0 Å². The van der Waals surface area contributed by atoms with Gasteiger partial charge in [0, 0.05) is 31.4 Å². The molecule has 108 valence electrons. The smallest absolute Gasteiger partial charge is 0.0534 e. The second-order valence-electron chi connectivity index (χ2n) is 5.51. The SMILES string of the molecule is Cc1ccccc1C(N)CCN(C)Cc1cnn(C)c1. The molecule has 0 saturated carbocycles. The van der Waals surface area contributed by atoms with Crippen molar-refractivity contribution in [1.29, 1.82) is 0 Å². The van der Waals surface area contributed by atoms with Crippen LogP contribution in [0.25, 0.3) is 0 Å². The van der Waals surface area contributed by atoms with Crippen LogP contribution in [0.2, 0.25) is 0 Å². The zero-order chi connectivity index (χ0) is 14.5. The fourth-order valence-electron chi connectivity index (χ4n) is 2.46. The van der Waals surface area contributed by atoms with E-state index in [1.54, 1.807) is 0 Å². The molecule has 0 amide bonds. The Hall–Kier alpha value is -1.65. The minimum Gasteiger partial charge on any atom is -0.324 e. The monoisotopic (exact) mass is 272 g/mol. The van der Waals surface area contributed by atoms with Crippen LogP contribution in [0.3, 0.4) is 0 Å². The molecule has 20 heavy (non-hydrogen) atoms. The van der Waals surface area contributed by atoms with Crippen LogP contribution in [-0.2, 0) is 13.6 Å². The van der Waals surface area contributed by atoms with E-state index in [9.17, 15) is 0 Å². The second kappa shape index (κ2) is 6.68. The van der Waals surface area contributed by atoms with E-state index in [2.05, 4.69) is 54.4 Å². The maximum Gasteiger partial charge on any atom is 0.0534 e. The maximum absolute atomic E-state index is 6.30. The normalized spacial score (nSPS) is 12.8. The van der Waals surface area contributed by atoms with E-state index in [-0.39, 0.29) is 6.04 Å². The lowest BCUT2D eigenvalue weighted by atomic mass is 9.99. The average Bonchev–Trinajstić information content (AvgIpc) is 2.82. The van der Waals surface area contributed by atoms with Gasteiger partial charge in [-0.05, 0) is 38.1 Å². The number of rotatable bonds is 6. The number of aromatic nitrogens is 2. The lowest BCUT2D eigenvalue weighted by Gasteiger charge is -2.20. The molecule has 1 heterocycles. The minimum absolute atomic E-state index is 0.104. The molecule has 0 aliphatic rings. The highest BCUT2D eigenvalue weighted by molar-refractivity contribution is 5.28. The van der Waals surface area contributed by atoms with Crippen LogP contribution in [-0.4, -0.2) is 28.3 Å². The summed E-state index contributed by atoms with van der Waals surface area (Å²) in [5.41, 5.74) is 10.1. The van der Waals surface area contributed by atoms with Crippen LogP contribution in [0.4, 0.5) is 0 Å². The molecule has 0 aliphatic carbocycles. The average molecular weight is 272 g/mol. The van der Waals surface area contributed by atoms with Crippen molar-refractivity contribution in [2.75, 3.05) is 13.6 Å². The van der Waals surface area contributed by atoms with E-state index < -0.39 is 0 Å². The Labute approximate surface area is 121 Å². The molecule has 0 spiro atoms. The van der Waals surface area contributed by atoms with Crippen molar-refractivity contribution in [1.82, 2.24) is 14.7 Å². The van der Waals surface area contributed by atoms with Gasteiger partial charge in [0.1, 0.15) is 0 Å². The van der Waals surface area contributed by atoms with Gasteiger partial charge in [-0.1, -0.05) is 24.3 Å². The molecule has 1 unspecified atom stereocenters. The topological polar surface area (TPSA) is 47.1 Å². The summed E-state index contributed by atoms with van der Waals surface area (Å²) in [6, 6.07) is 8.46. The van der Waals surface area contributed by atoms with Gasteiger partial charge in [0.2, 0.25) is 0 Å². The molecule has 2 aromatic rings. The van der Waals surface area contributed by atoms with Crippen LogP contribution in [0.15, 0.2) is 36.7 Å². The van der Waals surface area contributed by atoms with Crippen LogP contribution in [0.5, 0.6) is 0 Å². The van der Waals surface area contributed by atoms with Gasteiger partial charge in [-0.15, -0.1) is 0 Å². The molecule has 2 rings (SSSR count). The third-order valence-electron chi connectivity index (χ3n) is 3.62. The number of nitrogens with zero attached hydrogens (tertiary/aromatic N) is 3. The van der Waals surface area contributed by atoms with E-state index in [0.29, 0.717) is 0 Å². The summed E-state index contributed by atoms with van der Waals surface area (Å²) in [5.74, 6) is 0. The Balaban J connectivity index is 1.84. The fourth-order valence-corrected chi connectivity index (χ4v) is 2.46. The first kappa shape index (κ1) is 14.8. The van der Waals surface area contributed by atoms with Gasteiger partial charge in [-0.25, -0.2) is 0 Å². The van der Waals surface area contributed by atoms with Gasteiger partial charge in [0.15, 0.2) is 0 Å². The molecule has 0 saturated heterocycles. The molecule has 0 fully saturated rings. The number of benzene rings is 1. The molecular weight excluding hydrogens is 248 g/mol. The molecule has 0 aliphatic heterocycles. The highest BCUT2D eigenvalue weighted by atomic mass is 15.2. The van der Waals surface area contributed by atoms with Crippen molar-refractivity contribution in [3.63, 3.8) is 0 Å². The minimum atomic E-state index is 0.104. The van der Waals surface area contributed by atoms with Crippen LogP contribution >= 0.6 is 0 Å². The van der Waals surface area contributed by atoms with Gasteiger partial charge in [-0.2, -0.15) is 5.10 Å². The van der Waals surface area contributed by atoms with E-state index in [1.807, 2.05) is 17.9 Å². The van der Waals surface area contributed by atoms with E-state index in [0.717, 1.165) is 19.5 Å². The van der Waals surface area contributed by atoms with E-state index in [1.165, 1.54) is 16.7 Å². The third kappa shape index (κ3) is 3.92. The Bertz CT molecular complexity index is 547. The first-order valence-electron chi connectivity index (χ1n) is 7.03. The zero-order valence-corrected chi connectivity index (χ0v) is 12.6. The molecule has 0 radical (unpaired) electrons. The molecule has 4 nitrogen and oxygen atoms in total. The van der Waals surface area contributed by atoms with Crippen molar-refractivity contribution in [2.24, 2.45) is 12.8 Å². The van der Waals surface area contributed by atoms with Crippen LogP contribution in [0.1, 0.15) is 29.2 Å². The lowest BCUT2D eigenvalue weighted by Crippen LogP contribution is -2.23. The number of hydrogen-bond acceptors (Lipinski definition) is 3. The summed E-state index contributed by atoms with van der Waals surface area (Å²) >= 11 is 0.